The van der Waals surface area contributed by atoms with Crippen molar-refractivity contribution in [2.75, 3.05) is 21.1 Å². The highest BCUT2D eigenvalue weighted by Gasteiger charge is 2.60. The molecule has 3 saturated carbocycles. The first kappa shape index (κ1) is 27.0. The number of amides is 3. The Hall–Kier alpha value is -2.06. The van der Waals surface area contributed by atoms with E-state index in [0.717, 1.165) is 43.4 Å². The third-order valence-electron chi connectivity index (χ3n) is 10.4. The average molecular weight is 512 g/mol. The third kappa shape index (κ3) is 4.55. The lowest BCUT2D eigenvalue weighted by Gasteiger charge is -2.60. The fraction of sp³-hybridized carbons (Fsp3) is 0.815. The molecule has 36 heavy (non-hydrogen) atoms. The van der Waals surface area contributed by atoms with Crippen molar-refractivity contribution in [3.8, 4) is 0 Å². The molecule has 0 aromatic carbocycles. The lowest BCUT2D eigenvalue weighted by atomic mass is 9.47. The minimum absolute atomic E-state index is 0.0264. The number of hydrogen-bond acceptors (Lipinski definition) is 3. The van der Waals surface area contributed by atoms with E-state index >= 15 is 0 Å². The minimum atomic E-state index is -4.68. The predicted octanol–water partition coefficient (Wildman–Crippen LogP) is 4.16. The first-order valence-corrected chi connectivity index (χ1v) is 13.2. The van der Waals surface area contributed by atoms with Crippen LogP contribution in [0.4, 0.5) is 13.2 Å². The fourth-order valence-electron chi connectivity index (χ4n) is 8.27. The molecule has 0 saturated heterocycles. The normalized spacial score (nSPS) is 38.6. The summed E-state index contributed by atoms with van der Waals surface area (Å²) in [5, 5.41) is 2.13. The van der Waals surface area contributed by atoms with Gasteiger partial charge in [-0.2, -0.15) is 13.2 Å². The number of alkyl halides is 3. The summed E-state index contributed by atoms with van der Waals surface area (Å²) in [5.41, 5.74) is -0.156. The number of nitrogens with one attached hydrogen (secondary N) is 1. The van der Waals surface area contributed by atoms with E-state index in [1.807, 2.05) is 11.9 Å². The molecule has 1 aliphatic heterocycles. The van der Waals surface area contributed by atoms with Crippen LogP contribution in [0.25, 0.3) is 0 Å². The quantitative estimate of drug-likeness (QED) is 0.603. The molecule has 6 nitrogen and oxygen atoms in total. The van der Waals surface area contributed by atoms with Gasteiger partial charge in [0.15, 0.2) is 0 Å². The summed E-state index contributed by atoms with van der Waals surface area (Å²) >= 11 is 0. The number of hydrogen-bond donors (Lipinski definition) is 1. The van der Waals surface area contributed by atoms with Gasteiger partial charge >= 0.3 is 6.18 Å². The highest BCUT2D eigenvalue weighted by molar-refractivity contribution is 5.89. The summed E-state index contributed by atoms with van der Waals surface area (Å²) in [4.78, 5) is 40.0. The second-order valence-corrected chi connectivity index (χ2v) is 12.3. The number of carbonyl (C=O) groups excluding carboxylic acids is 3. The molecule has 1 unspecified atom stereocenters. The van der Waals surface area contributed by atoms with Gasteiger partial charge in [-0.3, -0.25) is 14.4 Å². The van der Waals surface area contributed by atoms with Gasteiger partial charge in [-0.05, 0) is 73.7 Å². The van der Waals surface area contributed by atoms with Gasteiger partial charge in [-0.25, -0.2) is 0 Å². The summed E-state index contributed by atoms with van der Waals surface area (Å²) in [6.07, 6.45) is 4.18. The first-order chi connectivity index (χ1) is 16.7. The monoisotopic (exact) mass is 511 g/mol. The lowest BCUT2D eigenvalue weighted by molar-refractivity contribution is -0.168. The van der Waals surface area contributed by atoms with Gasteiger partial charge < -0.3 is 15.1 Å². The van der Waals surface area contributed by atoms with Gasteiger partial charge in [0.25, 0.3) is 0 Å². The Morgan fingerprint density at radius 2 is 1.83 bits per heavy atom. The standard InChI is InChI=1S/C27H40F3N3O3/c1-25-12-10-19-17(7-9-21-26(19,2)13-11-23(35)33(21)5)18(25)8-6-16(25)14-22(34)31-20(27(28,29)30)15-24(36)32(3)4/h11,13,16-21H,6-10,12,14-15H2,1-5H3,(H,31,34)/t16-,17+,18+,19+,20?,21-,25-,26-/m1/s1. The van der Waals surface area contributed by atoms with Crippen molar-refractivity contribution in [2.45, 2.75) is 83.5 Å². The zero-order chi connectivity index (χ0) is 26.6. The largest absolute Gasteiger partial charge is 0.409 e. The predicted molar refractivity (Wildman–Crippen MR) is 129 cm³/mol. The van der Waals surface area contributed by atoms with Gasteiger partial charge in [0.1, 0.15) is 6.04 Å². The Kier molecular flexibility index (Phi) is 7.01. The zero-order valence-electron chi connectivity index (χ0n) is 22.0. The van der Waals surface area contributed by atoms with Gasteiger partial charge in [0.2, 0.25) is 17.7 Å². The Morgan fingerprint density at radius 3 is 2.47 bits per heavy atom. The molecule has 0 spiro atoms. The molecular weight excluding hydrogens is 471 g/mol. The van der Waals surface area contributed by atoms with E-state index in [1.165, 1.54) is 14.1 Å². The molecule has 9 heteroatoms. The van der Waals surface area contributed by atoms with Gasteiger partial charge in [-0.1, -0.05) is 19.9 Å². The summed E-state index contributed by atoms with van der Waals surface area (Å²) in [6, 6.07) is -1.97. The average Bonchev–Trinajstić information content (AvgIpc) is 3.11. The molecule has 8 atom stereocenters. The first-order valence-electron chi connectivity index (χ1n) is 13.2. The fourth-order valence-corrected chi connectivity index (χ4v) is 8.27. The van der Waals surface area contributed by atoms with Crippen LogP contribution in [0.3, 0.4) is 0 Å². The molecular formula is C27H40F3N3O3. The third-order valence-corrected chi connectivity index (χ3v) is 10.4. The van der Waals surface area contributed by atoms with Gasteiger partial charge in [0, 0.05) is 39.0 Å². The van der Waals surface area contributed by atoms with Crippen LogP contribution in [0.1, 0.15) is 65.2 Å². The molecule has 1 heterocycles. The molecule has 0 radical (unpaired) electrons. The van der Waals surface area contributed by atoms with Crippen molar-refractivity contribution in [1.29, 1.82) is 0 Å². The number of likely N-dealkylation sites (N-methyl/N-ethyl adjacent to an activating group) is 1. The molecule has 4 rings (SSSR count). The van der Waals surface area contributed by atoms with Crippen LogP contribution in [0.15, 0.2) is 12.2 Å². The van der Waals surface area contributed by atoms with E-state index in [4.69, 9.17) is 0 Å². The van der Waals surface area contributed by atoms with Crippen molar-refractivity contribution in [2.24, 2.45) is 34.5 Å². The number of halogens is 3. The van der Waals surface area contributed by atoms with Crippen LogP contribution in [0, 0.1) is 34.5 Å². The van der Waals surface area contributed by atoms with E-state index in [0.29, 0.717) is 17.8 Å². The Morgan fingerprint density at radius 1 is 1.14 bits per heavy atom. The van der Waals surface area contributed by atoms with Crippen LogP contribution < -0.4 is 5.32 Å². The number of nitrogens with zero attached hydrogens (tertiary/aromatic N) is 2. The molecule has 0 aromatic rings. The van der Waals surface area contributed by atoms with Crippen molar-refractivity contribution in [3.05, 3.63) is 12.2 Å². The van der Waals surface area contributed by atoms with Crippen molar-refractivity contribution in [1.82, 2.24) is 15.1 Å². The molecule has 3 amide bonds. The smallest absolute Gasteiger partial charge is 0.349 e. The van der Waals surface area contributed by atoms with E-state index in [9.17, 15) is 27.6 Å². The molecule has 202 valence electrons. The molecule has 4 aliphatic rings. The minimum Gasteiger partial charge on any atom is -0.349 e. The molecule has 0 aromatic heterocycles. The Labute approximate surface area is 212 Å². The summed E-state index contributed by atoms with van der Waals surface area (Å²) in [7, 11) is 4.70. The zero-order valence-corrected chi connectivity index (χ0v) is 22.0. The van der Waals surface area contributed by atoms with Crippen LogP contribution in [-0.2, 0) is 14.4 Å². The van der Waals surface area contributed by atoms with E-state index < -0.39 is 30.5 Å². The van der Waals surface area contributed by atoms with E-state index in [1.54, 1.807) is 6.08 Å². The second-order valence-electron chi connectivity index (χ2n) is 12.3. The molecule has 1 N–H and O–H groups in total. The maximum absolute atomic E-state index is 13.6. The number of fused-ring (bicyclic) bond motifs is 5. The van der Waals surface area contributed by atoms with E-state index in [-0.39, 0.29) is 35.1 Å². The van der Waals surface area contributed by atoms with Crippen molar-refractivity contribution in [3.63, 3.8) is 0 Å². The summed E-state index contributed by atoms with van der Waals surface area (Å²) in [6.45, 7) is 4.51. The van der Waals surface area contributed by atoms with Crippen LogP contribution in [0.2, 0.25) is 0 Å². The maximum Gasteiger partial charge on any atom is 0.409 e. The molecule has 3 fully saturated rings. The van der Waals surface area contributed by atoms with Crippen LogP contribution in [-0.4, -0.2) is 66.9 Å². The highest BCUT2D eigenvalue weighted by atomic mass is 19.4. The Bertz CT molecular complexity index is 935. The maximum atomic E-state index is 13.6. The number of rotatable bonds is 5. The second kappa shape index (κ2) is 9.35. The summed E-state index contributed by atoms with van der Waals surface area (Å²) in [5.74, 6) is 0.176. The highest BCUT2D eigenvalue weighted by Crippen LogP contribution is 2.65. The number of carbonyl (C=O) groups is 3. The van der Waals surface area contributed by atoms with E-state index in [2.05, 4.69) is 25.2 Å². The van der Waals surface area contributed by atoms with Crippen LogP contribution in [0.5, 0.6) is 0 Å². The van der Waals surface area contributed by atoms with Crippen molar-refractivity contribution < 1.29 is 27.6 Å². The topological polar surface area (TPSA) is 69.7 Å². The SMILES string of the molecule is CN(C)C(=O)CC(NC(=O)C[C@H]1CC[C@H]2[C@@H]3CC[C@H]4N(C)C(=O)C=C[C@]4(C)[C@H]3CC[C@]12C)C(F)(F)F. The van der Waals surface area contributed by atoms with Crippen molar-refractivity contribution >= 4 is 17.7 Å². The van der Waals surface area contributed by atoms with Gasteiger partial charge in [0.05, 0.1) is 6.42 Å². The van der Waals surface area contributed by atoms with Gasteiger partial charge in [-0.15, -0.1) is 0 Å². The summed E-state index contributed by atoms with van der Waals surface area (Å²) < 4.78 is 40.7. The molecule has 0 bridgehead atoms. The lowest BCUT2D eigenvalue weighted by Crippen LogP contribution is -2.59. The Balaban J connectivity index is 1.45. The van der Waals surface area contributed by atoms with Crippen LogP contribution >= 0.6 is 0 Å². The molecule has 3 aliphatic carbocycles.